The summed E-state index contributed by atoms with van der Waals surface area (Å²) < 4.78 is 0. The SMILES string of the molecule is Br/C=C/c1cc[nH]c1. The number of aromatic amines is 1. The third kappa shape index (κ3) is 1.23. The predicted octanol–water partition coefficient (Wildman–Crippen LogP) is 2.38. The fourth-order valence-corrected chi connectivity index (χ4v) is 0.818. The average molecular weight is 172 g/mol. The van der Waals surface area contributed by atoms with Crippen LogP contribution in [-0.4, -0.2) is 4.98 Å². The Balaban J connectivity index is 2.77. The topological polar surface area (TPSA) is 15.8 Å². The molecular weight excluding hydrogens is 166 g/mol. The predicted molar refractivity (Wildman–Crippen MR) is 38.8 cm³/mol. The molecule has 0 unspecified atom stereocenters. The first-order valence-corrected chi connectivity index (χ1v) is 3.24. The molecule has 1 aromatic heterocycles. The average Bonchev–Trinajstić information content (AvgIpc) is 2.19. The van der Waals surface area contributed by atoms with Gasteiger partial charge in [0.25, 0.3) is 0 Å². The van der Waals surface area contributed by atoms with Gasteiger partial charge >= 0.3 is 0 Å². The van der Waals surface area contributed by atoms with Crippen LogP contribution in [0, 0.1) is 0 Å². The van der Waals surface area contributed by atoms with Crippen LogP contribution >= 0.6 is 15.9 Å². The minimum atomic E-state index is 1.18. The van der Waals surface area contributed by atoms with Crippen LogP contribution < -0.4 is 0 Å². The summed E-state index contributed by atoms with van der Waals surface area (Å²) in [6.45, 7) is 0. The largest absolute Gasteiger partial charge is 0.367 e. The number of hydrogen-bond donors (Lipinski definition) is 1. The van der Waals surface area contributed by atoms with Crippen LogP contribution in [0.15, 0.2) is 23.4 Å². The van der Waals surface area contributed by atoms with E-state index < -0.39 is 0 Å². The number of aromatic nitrogens is 1. The molecule has 0 saturated carbocycles. The molecule has 0 amide bonds. The van der Waals surface area contributed by atoms with Crippen LogP contribution in [0.2, 0.25) is 0 Å². The summed E-state index contributed by atoms with van der Waals surface area (Å²) in [6, 6.07) is 2.00. The molecule has 0 spiro atoms. The highest BCUT2D eigenvalue weighted by Crippen LogP contribution is 2.00. The molecule has 0 aliphatic heterocycles. The molecule has 2 heteroatoms. The van der Waals surface area contributed by atoms with Gasteiger partial charge in [-0.3, -0.25) is 0 Å². The highest BCUT2D eigenvalue weighted by atomic mass is 79.9. The van der Waals surface area contributed by atoms with Gasteiger partial charge in [-0.05, 0) is 22.7 Å². The van der Waals surface area contributed by atoms with Crippen molar-refractivity contribution >= 4 is 22.0 Å². The zero-order chi connectivity index (χ0) is 5.82. The van der Waals surface area contributed by atoms with Crippen molar-refractivity contribution in [1.82, 2.24) is 4.98 Å². The van der Waals surface area contributed by atoms with E-state index in [0.717, 1.165) is 0 Å². The summed E-state index contributed by atoms with van der Waals surface area (Å²) in [5.74, 6) is 0. The van der Waals surface area contributed by atoms with Gasteiger partial charge in [0.05, 0.1) is 0 Å². The molecule has 1 heterocycles. The molecule has 0 aliphatic rings. The van der Waals surface area contributed by atoms with Crippen molar-refractivity contribution < 1.29 is 0 Å². The Morgan fingerprint density at radius 2 is 2.50 bits per heavy atom. The van der Waals surface area contributed by atoms with Gasteiger partial charge in [0.15, 0.2) is 0 Å². The summed E-state index contributed by atoms with van der Waals surface area (Å²) in [4.78, 5) is 4.77. The lowest BCUT2D eigenvalue weighted by atomic mass is 10.3. The van der Waals surface area contributed by atoms with Crippen molar-refractivity contribution in [1.29, 1.82) is 0 Å². The second-order valence-electron chi connectivity index (χ2n) is 1.44. The molecule has 0 aliphatic carbocycles. The van der Waals surface area contributed by atoms with Gasteiger partial charge in [-0.1, -0.05) is 15.9 Å². The van der Waals surface area contributed by atoms with E-state index >= 15 is 0 Å². The van der Waals surface area contributed by atoms with Crippen molar-refractivity contribution in [3.8, 4) is 0 Å². The zero-order valence-electron chi connectivity index (χ0n) is 4.26. The number of hydrogen-bond acceptors (Lipinski definition) is 0. The lowest BCUT2D eigenvalue weighted by Crippen LogP contribution is -1.54. The molecule has 1 rings (SSSR count). The highest BCUT2D eigenvalue weighted by molar-refractivity contribution is 9.11. The molecule has 1 nitrogen and oxygen atoms in total. The molecule has 0 atom stereocenters. The Labute approximate surface area is 56.5 Å². The van der Waals surface area contributed by atoms with E-state index in [0.29, 0.717) is 0 Å². The van der Waals surface area contributed by atoms with Crippen LogP contribution in [0.3, 0.4) is 0 Å². The molecule has 8 heavy (non-hydrogen) atoms. The summed E-state index contributed by atoms with van der Waals surface area (Å²) in [6.07, 6.45) is 5.79. The first-order chi connectivity index (χ1) is 3.93. The van der Waals surface area contributed by atoms with Gasteiger partial charge in [0.2, 0.25) is 0 Å². The lowest BCUT2D eigenvalue weighted by molar-refractivity contribution is 1.41. The van der Waals surface area contributed by atoms with Gasteiger partial charge < -0.3 is 4.98 Å². The fraction of sp³-hybridized carbons (Fsp3) is 0. The maximum absolute atomic E-state index is 3.18. The quantitative estimate of drug-likeness (QED) is 0.669. The van der Waals surface area contributed by atoms with Crippen molar-refractivity contribution in [2.45, 2.75) is 0 Å². The molecule has 1 aromatic rings. The Morgan fingerprint density at radius 1 is 1.62 bits per heavy atom. The van der Waals surface area contributed by atoms with E-state index in [1.54, 1.807) is 0 Å². The first-order valence-electron chi connectivity index (χ1n) is 2.33. The van der Waals surface area contributed by atoms with E-state index in [-0.39, 0.29) is 0 Å². The Bertz CT molecular complexity index is 165. The maximum atomic E-state index is 3.18. The minimum Gasteiger partial charge on any atom is -0.367 e. The van der Waals surface area contributed by atoms with E-state index in [4.69, 9.17) is 0 Å². The van der Waals surface area contributed by atoms with Gasteiger partial charge in [-0.2, -0.15) is 0 Å². The summed E-state index contributed by atoms with van der Waals surface area (Å²) >= 11 is 3.18. The fourth-order valence-electron chi connectivity index (χ4n) is 0.513. The van der Waals surface area contributed by atoms with E-state index in [1.807, 2.05) is 29.5 Å². The molecule has 0 bridgehead atoms. The van der Waals surface area contributed by atoms with Crippen LogP contribution in [-0.2, 0) is 0 Å². The van der Waals surface area contributed by atoms with E-state index in [9.17, 15) is 0 Å². The first kappa shape index (κ1) is 5.63. The van der Waals surface area contributed by atoms with Crippen molar-refractivity contribution in [3.05, 3.63) is 29.0 Å². The van der Waals surface area contributed by atoms with Crippen LogP contribution in [0.1, 0.15) is 5.56 Å². The lowest BCUT2D eigenvalue weighted by Gasteiger charge is -1.74. The van der Waals surface area contributed by atoms with E-state index in [1.165, 1.54) is 5.56 Å². The Hall–Kier alpha value is -0.500. The molecule has 42 valence electrons. The summed E-state index contributed by atoms with van der Waals surface area (Å²) in [5, 5.41) is 0. The van der Waals surface area contributed by atoms with Gasteiger partial charge in [-0.25, -0.2) is 0 Å². The van der Waals surface area contributed by atoms with Gasteiger partial charge in [0.1, 0.15) is 0 Å². The highest BCUT2D eigenvalue weighted by Gasteiger charge is 1.79. The monoisotopic (exact) mass is 171 g/mol. The van der Waals surface area contributed by atoms with Crippen LogP contribution in [0.5, 0.6) is 0 Å². The van der Waals surface area contributed by atoms with Crippen molar-refractivity contribution in [2.24, 2.45) is 0 Å². The third-order valence-corrected chi connectivity index (χ3v) is 1.14. The molecule has 0 radical (unpaired) electrons. The molecule has 0 fully saturated rings. The summed E-state index contributed by atoms with van der Waals surface area (Å²) in [5.41, 5.74) is 1.18. The third-order valence-electron chi connectivity index (χ3n) is 0.877. The Kier molecular flexibility index (Phi) is 1.92. The minimum absolute atomic E-state index is 1.18. The standard InChI is InChI=1S/C6H6BrN/c7-3-1-6-2-4-8-5-6/h1-5,8H/b3-1+. The van der Waals surface area contributed by atoms with Gasteiger partial charge in [0, 0.05) is 12.4 Å². The van der Waals surface area contributed by atoms with E-state index in [2.05, 4.69) is 20.9 Å². The second-order valence-corrected chi connectivity index (χ2v) is 1.97. The van der Waals surface area contributed by atoms with Crippen molar-refractivity contribution in [3.63, 3.8) is 0 Å². The van der Waals surface area contributed by atoms with Crippen molar-refractivity contribution in [2.75, 3.05) is 0 Å². The smallest absolute Gasteiger partial charge is 0.00782 e. The number of halogens is 1. The maximum Gasteiger partial charge on any atom is 0.00782 e. The normalized spacial score (nSPS) is 10.6. The molecule has 0 saturated heterocycles. The second kappa shape index (κ2) is 2.72. The number of H-pyrrole nitrogens is 1. The summed E-state index contributed by atoms with van der Waals surface area (Å²) in [7, 11) is 0. The zero-order valence-corrected chi connectivity index (χ0v) is 5.85. The van der Waals surface area contributed by atoms with Crippen LogP contribution in [0.25, 0.3) is 6.08 Å². The number of rotatable bonds is 1. The molecular formula is C6H6BrN. The molecule has 1 N–H and O–H groups in total. The number of nitrogens with one attached hydrogen (secondary N) is 1. The molecule has 0 aromatic carbocycles. The van der Waals surface area contributed by atoms with Gasteiger partial charge in [-0.15, -0.1) is 0 Å². The Morgan fingerprint density at radius 3 is 3.00 bits per heavy atom. The van der Waals surface area contributed by atoms with Crippen LogP contribution in [0.4, 0.5) is 0 Å².